The Bertz CT molecular complexity index is 421. The van der Waals surface area contributed by atoms with Crippen LogP contribution in [0.15, 0.2) is 17.7 Å². The average Bonchev–Trinajstić information content (AvgIpc) is 2.54. The summed E-state index contributed by atoms with van der Waals surface area (Å²) in [5.41, 5.74) is 4.63. The normalized spacial score (nSPS) is 18.6. The van der Waals surface area contributed by atoms with Crippen molar-refractivity contribution >= 4 is 23.0 Å². The third-order valence-corrected chi connectivity index (χ3v) is 3.48. The molecule has 1 aromatic heterocycles. The van der Waals surface area contributed by atoms with Gasteiger partial charge in [-0.2, -0.15) is 0 Å². The van der Waals surface area contributed by atoms with Gasteiger partial charge in [0.15, 0.2) is 0 Å². The van der Waals surface area contributed by atoms with Crippen LogP contribution in [0.3, 0.4) is 0 Å². The van der Waals surface area contributed by atoms with E-state index in [2.05, 4.69) is 50.9 Å². The summed E-state index contributed by atoms with van der Waals surface area (Å²) in [5.74, 6) is 0.532. The van der Waals surface area contributed by atoms with Gasteiger partial charge >= 0.3 is 0 Å². The van der Waals surface area contributed by atoms with Crippen LogP contribution >= 0.6 is 11.3 Å². The molecule has 0 amide bonds. The molecule has 0 saturated carbocycles. The van der Waals surface area contributed by atoms with Gasteiger partial charge in [0.25, 0.3) is 0 Å². The minimum atomic E-state index is 0.139. The summed E-state index contributed by atoms with van der Waals surface area (Å²) in [6.45, 7) is 8.94. The fourth-order valence-corrected chi connectivity index (χ4v) is 2.54. The molecule has 0 bridgehead atoms. The minimum absolute atomic E-state index is 0.139. The van der Waals surface area contributed by atoms with Gasteiger partial charge in [0, 0.05) is 5.41 Å². The predicted molar refractivity (Wildman–Crippen MR) is 67.7 cm³/mol. The smallest absolute Gasteiger partial charge is 0.0843 e. The number of thiazole rings is 1. The lowest BCUT2D eigenvalue weighted by molar-refractivity contribution is 0.626. The van der Waals surface area contributed by atoms with Crippen LogP contribution in [-0.4, -0.2) is 4.98 Å². The molecule has 0 radical (unpaired) electrons. The highest BCUT2D eigenvalue weighted by atomic mass is 32.1. The number of aromatic nitrogens is 1. The van der Waals surface area contributed by atoms with Crippen LogP contribution in [0, 0.1) is 11.3 Å². The monoisotopic (exact) mass is 219 g/mol. The van der Waals surface area contributed by atoms with Crippen molar-refractivity contribution in [2.45, 2.75) is 27.7 Å². The van der Waals surface area contributed by atoms with E-state index in [0.717, 1.165) is 0 Å². The molecule has 80 valence electrons. The Balaban J connectivity index is 2.58. The molecule has 0 unspecified atom stereocenters. The van der Waals surface area contributed by atoms with E-state index < -0.39 is 0 Å². The number of hydrogen-bond acceptors (Lipinski definition) is 2. The molecule has 2 rings (SSSR count). The predicted octanol–water partition coefficient (Wildman–Crippen LogP) is 4.24. The van der Waals surface area contributed by atoms with Gasteiger partial charge in [-0.25, -0.2) is 4.98 Å². The van der Waals surface area contributed by atoms with E-state index in [1.165, 1.54) is 16.1 Å². The van der Waals surface area contributed by atoms with Crippen molar-refractivity contribution in [2.24, 2.45) is 11.3 Å². The zero-order valence-corrected chi connectivity index (χ0v) is 10.6. The van der Waals surface area contributed by atoms with Gasteiger partial charge in [-0.05, 0) is 17.6 Å². The molecule has 0 fully saturated rings. The standard InChI is InChI=1S/C13H17NS/c1-9(2)10-7-13(3,4)6-5-11-12(10)14-8-15-11/h5-9H,1-4H3. The van der Waals surface area contributed by atoms with E-state index in [1.807, 2.05) is 5.51 Å². The lowest BCUT2D eigenvalue weighted by Gasteiger charge is -2.17. The van der Waals surface area contributed by atoms with Crippen molar-refractivity contribution in [3.8, 4) is 0 Å². The van der Waals surface area contributed by atoms with Crippen LogP contribution in [-0.2, 0) is 0 Å². The Kier molecular flexibility index (Phi) is 2.55. The van der Waals surface area contributed by atoms with Crippen LogP contribution in [0.4, 0.5) is 0 Å². The summed E-state index contributed by atoms with van der Waals surface area (Å²) in [6, 6.07) is 0. The molecule has 1 nitrogen and oxygen atoms in total. The number of allylic oxidation sites excluding steroid dienone is 3. The van der Waals surface area contributed by atoms with Gasteiger partial charge in [-0.3, -0.25) is 0 Å². The second-order valence-electron chi connectivity index (χ2n) is 4.97. The maximum absolute atomic E-state index is 4.48. The quantitative estimate of drug-likeness (QED) is 0.688. The highest BCUT2D eigenvalue weighted by Crippen LogP contribution is 2.36. The molecule has 1 aromatic rings. The fraction of sp³-hybridized carbons (Fsp3) is 0.462. The molecule has 0 N–H and O–H groups in total. The Morgan fingerprint density at radius 3 is 2.73 bits per heavy atom. The van der Waals surface area contributed by atoms with Crippen molar-refractivity contribution in [1.29, 1.82) is 0 Å². The van der Waals surface area contributed by atoms with Crippen molar-refractivity contribution < 1.29 is 0 Å². The maximum atomic E-state index is 4.48. The van der Waals surface area contributed by atoms with Crippen LogP contribution in [0.2, 0.25) is 0 Å². The molecule has 2 heteroatoms. The number of nitrogens with zero attached hydrogens (tertiary/aromatic N) is 1. The first-order chi connectivity index (χ1) is 6.99. The van der Waals surface area contributed by atoms with Crippen molar-refractivity contribution in [2.75, 3.05) is 0 Å². The molecule has 1 aliphatic carbocycles. The molecule has 0 aliphatic heterocycles. The van der Waals surface area contributed by atoms with Crippen molar-refractivity contribution in [1.82, 2.24) is 4.98 Å². The average molecular weight is 219 g/mol. The first-order valence-corrected chi connectivity index (χ1v) is 6.23. The number of hydrogen-bond donors (Lipinski definition) is 0. The summed E-state index contributed by atoms with van der Waals surface area (Å²) in [7, 11) is 0. The molecular formula is C13H17NS. The summed E-state index contributed by atoms with van der Waals surface area (Å²) in [6.07, 6.45) is 6.82. The summed E-state index contributed by atoms with van der Waals surface area (Å²) >= 11 is 1.72. The third-order valence-electron chi connectivity index (χ3n) is 2.68. The molecule has 1 heterocycles. The number of fused-ring (bicyclic) bond motifs is 1. The van der Waals surface area contributed by atoms with Crippen molar-refractivity contribution in [3.63, 3.8) is 0 Å². The fourth-order valence-electron chi connectivity index (χ4n) is 1.84. The minimum Gasteiger partial charge on any atom is -0.244 e. The van der Waals surface area contributed by atoms with Gasteiger partial charge in [-0.1, -0.05) is 39.8 Å². The molecule has 0 atom stereocenters. The van der Waals surface area contributed by atoms with Gasteiger partial charge in [0.05, 0.1) is 16.1 Å². The van der Waals surface area contributed by atoms with Crippen LogP contribution in [0.25, 0.3) is 11.6 Å². The third kappa shape index (κ3) is 2.05. The van der Waals surface area contributed by atoms with E-state index in [4.69, 9.17) is 0 Å². The van der Waals surface area contributed by atoms with Crippen LogP contribution in [0.1, 0.15) is 38.3 Å². The van der Waals surface area contributed by atoms with E-state index in [1.54, 1.807) is 11.3 Å². The Labute approximate surface area is 95.6 Å². The summed E-state index contributed by atoms with van der Waals surface area (Å²) < 4.78 is 0. The Morgan fingerprint density at radius 2 is 2.07 bits per heavy atom. The first-order valence-electron chi connectivity index (χ1n) is 5.35. The molecule has 15 heavy (non-hydrogen) atoms. The highest BCUT2D eigenvalue weighted by Gasteiger charge is 2.21. The zero-order valence-electron chi connectivity index (χ0n) is 9.74. The molecule has 0 aromatic carbocycles. The Hall–Kier alpha value is -0.890. The van der Waals surface area contributed by atoms with Crippen molar-refractivity contribution in [3.05, 3.63) is 28.2 Å². The molecular weight excluding hydrogens is 202 g/mol. The van der Waals surface area contributed by atoms with Crippen LogP contribution in [0.5, 0.6) is 0 Å². The van der Waals surface area contributed by atoms with Gasteiger partial charge in [0.2, 0.25) is 0 Å². The van der Waals surface area contributed by atoms with Gasteiger partial charge in [0.1, 0.15) is 0 Å². The van der Waals surface area contributed by atoms with Crippen LogP contribution < -0.4 is 0 Å². The van der Waals surface area contributed by atoms with Gasteiger partial charge < -0.3 is 0 Å². The summed E-state index contributed by atoms with van der Waals surface area (Å²) in [4.78, 5) is 5.78. The topological polar surface area (TPSA) is 12.9 Å². The lowest BCUT2D eigenvalue weighted by atomic mass is 9.88. The maximum Gasteiger partial charge on any atom is 0.0843 e. The van der Waals surface area contributed by atoms with E-state index in [9.17, 15) is 0 Å². The van der Waals surface area contributed by atoms with E-state index in [0.29, 0.717) is 5.92 Å². The molecule has 0 spiro atoms. The Morgan fingerprint density at radius 1 is 1.33 bits per heavy atom. The van der Waals surface area contributed by atoms with E-state index >= 15 is 0 Å². The SMILES string of the molecule is CC(C)C1=CC(C)(C)C=Cc2scnc21. The zero-order chi connectivity index (χ0) is 11.1. The number of rotatable bonds is 1. The molecule has 1 aliphatic rings. The second-order valence-corrected chi connectivity index (χ2v) is 5.86. The first kappa shape index (κ1) is 10.6. The summed E-state index contributed by atoms with van der Waals surface area (Å²) in [5, 5.41) is 0. The lowest BCUT2D eigenvalue weighted by Crippen LogP contribution is -2.05. The molecule has 0 saturated heterocycles. The largest absolute Gasteiger partial charge is 0.244 e. The highest BCUT2D eigenvalue weighted by molar-refractivity contribution is 7.10. The van der Waals surface area contributed by atoms with Gasteiger partial charge in [-0.15, -0.1) is 11.3 Å². The van der Waals surface area contributed by atoms with E-state index in [-0.39, 0.29) is 5.41 Å². The second kappa shape index (κ2) is 3.60.